The van der Waals surface area contributed by atoms with Gasteiger partial charge in [0.1, 0.15) is 6.29 Å². The molecule has 0 aromatic carbocycles. The number of hydrogen-bond donors (Lipinski definition) is 1. The van der Waals surface area contributed by atoms with E-state index in [1.165, 1.54) is 0 Å². The van der Waals surface area contributed by atoms with Crippen molar-refractivity contribution in [2.75, 3.05) is 0 Å². The number of nitrogens with one attached hydrogen (secondary N) is 1. The predicted molar refractivity (Wildman–Crippen MR) is 63.6 cm³/mol. The lowest BCUT2D eigenvalue weighted by Gasteiger charge is -2.32. The van der Waals surface area contributed by atoms with Gasteiger partial charge >= 0.3 is 0 Å². The molecule has 0 spiro atoms. The Bertz CT molecular complexity index is 353. The van der Waals surface area contributed by atoms with Crippen molar-refractivity contribution in [1.29, 1.82) is 0 Å². The molecular weight excluding hydrogens is 202 g/mol. The average molecular weight is 221 g/mol. The standard InChI is InChI=1S/C13H19NO2/c1-5-12(16)14-11-7-13(3,4)6-9(2)10(11)8-15/h7-8,10H,2,5-6H2,1,3-4H3,(H,14,16). The highest BCUT2D eigenvalue weighted by molar-refractivity contribution is 5.79. The summed E-state index contributed by atoms with van der Waals surface area (Å²) in [6, 6.07) is 0. The van der Waals surface area contributed by atoms with Crippen molar-refractivity contribution in [1.82, 2.24) is 5.32 Å². The first-order valence-electron chi connectivity index (χ1n) is 5.55. The summed E-state index contributed by atoms with van der Waals surface area (Å²) in [5, 5.41) is 2.79. The summed E-state index contributed by atoms with van der Waals surface area (Å²) in [5.41, 5.74) is 1.50. The molecule has 0 fully saturated rings. The van der Waals surface area contributed by atoms with Crippen LogP contribution in [0.25, 0.3) is 0 Å². The molecule has 1 amide bonds. The Balaban J connectivity index is 2.99. The van der Waals surface area contributed by atoms with Crippen LogP contribution >= 0.6 is 0 Å². The molecule has 1 N–H and O–H groups in total. The summed E-state index contributed by atoms with van der Waals surface area (Å²) in [6.45, 7) is 9.84. The molecule has 0 aromatic rings. The van der Waals surface area contributed by atoms with Gasteiger partial charge in [-0.1, -0.05) is 39.0 Å². The van der Waals surface area contributed by atoms with Gasteiger partial charge in [-0.2, -0.15) is 0 Å². The molecule has 0 heterocycles. The van der Waals surface area contributed by atoms with E-state index in [0.29, 0.717) is 12.1 Å². The molecule has 1 atom stereocenters. The Kier molecular flexibility index (Phi) is 3.68. The summed E-state index contributed by atoms with van der Waals surface area (Å²) >= 11 is 0. The van der Waals surface area contributed by atoms with Gasteiger partial charge in [-0.05, 0) is 11.8 Å². The summed E-state index contributed by atoms with van der Waals surface area (Å²) in [7, 11) is 0. The molecule has 0 bridgehead atoms. The van der Waals surface area contributed by atoms with E-state index in [1.54, 1.807) is 6.92 Å². The minimum absolute atomic E-state index is 0.0487. The van der Waals surface area contributed by atoms with Crippen molar-refractivity contribution in [3.8, 4) is 0 Å². The number of aldehydes is 1. The molecule has 0 saturated carbocycles. The summed E-state index contributed by atoms with van der Waals surface area (Å²) in [6.07, 6.45) is 4.01. The fourth-order valence-electron chi connectivity index (χ4n) is 2.01. The van der Waals surface area contributed by atoms with Gasteiger partial charge in [-0.15, -0.1) is 0 Å². The molecule has 16 heavy (non-hydrogen) atoms. The highest BCUT2D eigenvalue weighted by Crippen LogP contribution is 2.37. The topological polar surface area (TPSA) is 46.2 Å². The number of carbonyl (C=O) groups is 2. The van der Waals surface area contributed by atoms with E-state index in [0.717, 1.165) is 18.3 Å². The van der Waals surface area contributed by atoms with Crippen LogP contribution in [0.5, 0.6) is 0 Å². The van der Waals surface area contributed by atoms with Gasteiger partial charge in [0.2, 0.25) is 5.91 Å². The minimum atomic E-state index is -0.358. The van der Waals surface area contributed by atoms with Crippen LogP contribution in [-0.4, -0.2) is 12.2 Å². The zero-order valence-corrected chi connectivity index (χ0v) is 10.2. The molecule has 0 aromatic heterocycles. The third kappa shape index (κ3) is 2.81. The van der Waals surface area contributed by atoms with Crippen molar-refractivity contribution in [3.05, 3.63) is 23.9 Å². The van der Waals surface area contributed by atoms with Crippen LogP contribution < -0.4 is 5.32 Å². The van der Waals surface area contributed by atoms with Crippen LogP contribution in [-0.2, 0) is 9.59 Å². The molecule has 3 heteroatoms. The first-order valence-corrected chi connectivity index (χ1v) is 5.55. The fraction of sp³-hybridized carbons (Fsp3) is 0.538. The quantitative estimate of drug-likeness (QED) is 0.586. The maximum absolute atomic E-state index is 11.4. The lowest BCUT2D eigenvalue weighted by atomic mass is 9.75. The third-order valence-corrected chi connectivity index (χ3v) is 2.74. The second kappa shape index (κ2) is 4.64. The molecule has 0 saturated heterocycles. The van der Waals surface area contributed by atoms with E-state index in [1.807, 2.05) is 6.08 Å². The van der Waals surface area contributed by atoms with E-state index in [4.69, 9.17) is 0 Å². The summed E-state index contributed by atoms with van der Waals surface area (Å²) in [4.78, 5) is 22.4. The molecular formula is C13H19NO2. The van der Waals surface area contributed by atoms with Crippen molar-refractivity contribution in [3.63, 3.8) is 0 Å². The van der Waals surface area contributed by atoms with E-state index in [9.17, 15) is 9.59 Å². The Morgan fingerprint density at radius 3 is 2.81 bits per heavy atom. The van der Waals surface area contributed by atoms with Crippen LogP contribution in [0.15, 0.2) is 23.9 Å². The van der Waals surface area contributed by atoms with Gasteiger partial charge in [-0.25, -0.2) is 0 Å². The van der Waals surface area contributed by atoms with Crippen molar-refractivity contribution in [2.45, 2.75) is 33.6 Å². The highest BCUT2D eigenvalue weighted by atomic mass is 16.1. The van der Waals surface area contributed by atoms with Gasteiger partial charge in [0.05, 0.1) is 5.92 Å². The average Bonchev–Trinajstić information content (AvgIpc) is 2.15. The molecule has 3 nitrogen and oxygen atoms in total. The molecule has 1 rings (SSSR count). The van der Waals surface area contributed by atoms with Gasteiger partial charge in [0, 0.05) is 12.1 Å². The lowest BCUT2D eigenvalue weighted by Crippen LogP contribution is -2.33. The van der Waals surface area contributed by atoms with Gasteiger partial charge in [-0.3, -0.25) is 4.79 Å². The van der Waals surface area contributed by atoms with Crippen LogP contribution in [0.4, 0.5) is 0 Å². The largest absolute Gasteiger partial charge is 0.329 e. The van der Waals surface area contributed by atoms with Crippen molar-refractivity contribution in [2.24, 2.45) is 11.3 Å². The monoisotopic (exact) mass is 221 g/mol. The predicted octanol–water partition coefficient (Wildman–Crippen LogP) is 2.20. The number of amides is 1. The number of allylic oxidation sites excluding steroid dienone is 2. The SMILES string of the molecule is C=C1CC(C)(C)C=C(NC(=O)CC)C1C=O. The molecule has 1 aliphatic carbocycles. The zero-order valence-electron chi connectivity index (χ0n) is 10.2. The number of rotatable bonds is 3. The van der Waals surface area contributed by atoms with E-state index in [-0.39, 0.29) is 17.2 Å². The molecule has 1 aliphatic rings. The Morgan fingerprint density at radius 1 is 1.69 bits per heavy atom. The Morgan fingerprint density at radius 2 is 2.31 bits per heavy atom. The van der Waals surface area contributed by atoms with Crippen molar-refractivity contribution >= 4 is 12.2 Å². The molecule has 0 radical (unpaired) electrons. The van der Waals surface area contributed by atoms with Gasteiger partial charge in [0.15, 0.2) is 0 Å². The highest BCUT2D eigenvalue weighted by Gasteiger charge is 2.30. The smallest absolute Gasteiger partial charge is 0.223 e. The summed E-state index contributed by atoms with van der Waals surface area (Å²) < 4.78 is 0. The van der Waals surface area contributed by atoms with E-state index in [2.05, 4.69) is 25.7 Å². The minimum Gasteiger partial charge on any atom is -0.329 e. The second-order valence-electron chi connectivity index (χ2n) is 4.94. The molecule has 88 valence electrons. The van der Waals surface area contributed by atoms with E-state index >= 15 is 0 Å². The second-order valence-corrected chi connectivity index (χ2v) is 4.94. The van der Waals surface area contributed by atoms with Gasteiger partial charge < -0.3 is 10.1 Å². The number of carbonyl (C=O) groups excluding carboxylic acids is 2. The first kappa shape index (κ1) is 12.7. The zero-order chi connectivity index (χ0) is 12.3. The van der Waals surface area contributed by atoms with Crippen LogP contribution in [0.1, 0.15) is 33.6 Å². The van der Waals surface area contributed by atoms with Crippen LogP contribution in [0.2, 0.25) is 0 Å². The van der Waals surface area contributed by atoms with Gasteiger partial charge in [0.25, 0.3) is 0 Å². The molecule has 1 unspecified atom stereocenters. The first-order chi connectivity index (χ1) is 7.39. The van der Waals surface area contributed by atoms with Crippen LogP contribution in [0.3, 0.4) is 0 Å². The Hall–Kier alpha value is -1.38. The maximum atomic E-state index is 11.4. The van der Waals surface area contributed by atoms with E-state index < -0.39 is 0 Å². The lowest BCUT2D eigenvalue weighted by molar-refractivity contribution is -0.120. The van der Waals surface area contributed by atoms with Crippen LogP contribution in [0, 0.1) is 11.3 Å². The number of hydrogen-bond acceptors (Lipinski definition) is 2. The maximum Gasteiger partial charge on any atom is 0.223 e. The third-order valence-electron chi connectivity index (χ3n) is 2.74. The fourth-order valence-corrected chi connectivity index (χ4v) is 2.01. The van der Waals surface area contributed by atoms with Crippen molar-refractivity contribution < 1.29 is 9.59 Å². The molecule has 0 aliphatic heterocycles. The summed E-state index contributed by atoms with van der Waals surface area (Å²) in [5.74, 6) is -0.424. The Labute approximate surface area is 96.6 Å². The normalized spacial score (nSPS) is 23.6.